The quantitative estimate of drug-likeness (QED) is 0.670. The lowest BCUT2D eigenvalue weighted by Crippen LogP contribution is -2.09. The van der Waals surface area contributed by atoms with Crippen molar-refractivity contribution >= 4 is 11.5 Å². The van der Waals surface area contributed by atoms with Gasteiger partial charge in [0.15, 0.2) is 0 Å². The third-order valence-electron chi connectivity index (χ3n) is 4.10. The number of hydrogen-bond donors (Lipinski definition) is 1. The summed E-state index contributed by atoms with van der Waals surface area (Å²) >= 11 is 1.54. The summed E-state index contributed by atoms with van der Waals surface area (Å²) in [7, 11) is 0. The Hall–Kier alpha value is -1.94. The third-order valence-corrected chi connectivity index (χ3v) is 4.90. The van der Waals surface area contributed by atoms with Gasteiger partial charge in [-0.15, -0.1) is 0 Å². The Morgan fingerprint density at radius 1 is 1.12 bits per heavy atom. The van der Waals surface area contributed by atoms with Crippen molar-refractivity contribution in [1.82, 2.24) is 14.3 Å². The van der Waals surface area contributed by atoms with E-state index in [0.717, 1.165) is 18.7 Å². The smallest absolute Gasteiger partial charge is 0.106 e. The summed E-state index contributed by atoms with van der Waals surface area (Å²) in [5.41, 5.74) is 4.09. The van der Waals surface area contributed by atoms with Gasteiger partial charge in [0.2, 0.25) is 0 Å². The topological polar surface area (TPSA) is 41.6 Å². The lowest BCUT2D eigenvalue weighted by Gasteiger charge is -2.16. The molecular formula is C20H25N3S. The van der Waals surface area contributed by atoms with Crippen LogP contribution in [0.15, 0.2) is 42.7 Å². The lowest BCUT2D eigenvalue weighted by atomic mass is 9.91. The Balaban J connectivity index is 1.65. The van der Waals surface area contributed by atoms with Gasteiger partial charge in [-0.25, -0.2) is 9.36 Å². The van der Waals surface area contributed by atoms with E-state index in [4.69, 9.17) is 0 Å². The highest BCUT2D eigenvalue weighted by molar-refractivity contribution is 7.09. The number of benzene rings is 1. The third kappa shape index (κ3) is 4.32. The standard InChI is InChI=1S/C20H25N3S/c1-14(11-19-21-13-17(23-19)12-20(2,3)4)15-5-7-16(8-6-15)18-9-10-22-24-18/h5-10,13-14H,11-12H2,1-4H3,(H,21,23). The average molecular weight is 340 g/mol. The number of imidazole rings is 1. The summed E-state index contributed by atoms with van der Waals surface area (Å²) in [6.07, 6.45) is 5.80. The fraction of sp³-hybridized carbons (Fsp3) is 0.400. The van der Waals surface area contributed by atoms with E-state index in [1.807, 2.05) is 12.4 Å². The van der Waals surface area contributed by atoms with Crippen LogP contribution in [0, 0.1) is 5.41 Å². The first-order chi connectivity index (χ1) is 11.4. The highest BCUT2D eigenvalue weighted by atomic mass is 32.1. The highest BCUT2D eigenvalue weighted by Gasteiger charge is 2.14. The zero-order chi connectivity index (χ0) is 17.2. The number of H-pyrrole nitrogens is 1. The number of aromatic amines is 1. The highest BCUT2D eigenvalue weighted by Crippen LogP contribution is 2.26. The molecule has 0 saturated heterocycles. The molecule has 126 valence electrons. The molecule has 0 aliphatic carbocycles. The summed E-state index contributed by atoms with van der Waals surface area (Å²) in [4.78, 5) is 9.26. The summed E-state index contributed by atoms with van der Waals surface area (Å²) < 4.78 is 4.17. The van der Waals surface area contributed by atoms with Gasteiger partial charge < -0.3 is 4.98 Å². The molecule has 4 heteroatoms. The van der Waals surface area contributed by atoms with Gasteiger partial charge in [0.25, 0.3) is 0 Å². The fourth-order valence-corrected chi connectivity index (χ4v) is 3.52. The van der Waals surface area contributed by atoms with E-state index in [1.54, 1.807) is 0 Å². The van der Waals surface area contributed by atoms with Crippen LogP contribution in [0.3, 0.4) is 0 Å². The van der Waals surface area contributed by atoms with Gasteiger partial charge in [-0.3, -0.25) is 0 Å². The first-order valence-corrected chi connectivity index (χ1v) is 9.22. The molecule has 3 aromatic rings. The Morgan fingerprint density at radius 3 is 2.50 bits per heavy atom. The van der Waals surface area contributed by atoms with E-state index in [-0.39, 0.29) is 5.41 Å². The van der Waals surface area contributed by atoms with Crippen LogP contribution in [0.1, 0.15) is 50.7 Å². The maximum atomic E-state index is 4.56. The maximum absolute atomic E-state index is 4.56. The first kappa shape index (κ1) is 16.9. The minimum absolute atomic E-state index is 0.280. The molecule has 0 fully saturated rings. The van der Waals surface area contributed by atoms with Gasteiger partial charge in [-0.05, 0) is 46.5 Å². The molecule has 2 heterocycles. The molecule has 0 aliphatic rings. The van der Waals surface area contributed by atoms with Gasteiger partial charge in [0.05, 0.1) is 4.88 Å². The number of nitrogens with one attached hydrogen (secondary N) is 1. The van der Waals surface area contributed by atoms with Crippen LogP contribution in [-0.2, 0) is 12.8 Å². The molecule has 1 aromatic carbocycles. The van der Waals surface area contributed by atoms with Crippen LogP contribution in [0.2, 0.25) is 0 Å². The molecular weight excluding hydrogens is 314 g/mol. The Bertz CT molecular complexity index is 764. The zero-order valence-corrected chi connectivity index (χ0v) is 15.7. The van der Waals surface area contributed by atoms with Crippen LogP contribution < -0.4 is 0 Å². The van der Waals surface area contributed by atoms with Crippen molar-refractivity contribution in [2.75, 3.05) is 0 Å². The fourth-order valence-electron chi connectivity index (χ4n) is 2.92. The van der Waals surface area contributed by atoms with Crippen LogP contribution in [0.4, 0.5) is 0 Å². The van der Waals surface area contributed by atoms with Crippen molar-refractivity contribution in [3.05, 3.63) is 59.8 Å². The molecule has 0 aliphatic heterocycles. The summed E-state index contributed by atoms with van der Waals surface area (Å²) in [5, 5.41) is 0. The molecule has 3 rings (SSSR count). The van der Waals surface area contributed by atoms with Crippen LogP contribution >= 0.6 is 11.5 Å². The molecule has 0 saturated carbocycles. The minimum atomic E-state index is 0.280. The molecule has 0 amide bonds. The van der Waals surface area contributed by atoms with Gasteiger partial charge in [-0.2, -0.15) is 0 Å². The molecule has 3 nitrogen and oxygen atoms in total. The monoisotopic (exact) mass is 339 g/mol. The molecule has 0 spiro atoms. The average Bonchev–Trinajstić information content (AvgIpc) is 3.18. The van der Waals surface area contributed by atoms with Crippen molar-refractivity contribution < 1.29 is 0 Å². The van der Waals surface area contributed by atoms with Gasteiger partial charge in [-0.1, -0.05) is 52.0 Å². The van der Waals surface area contributed by atoms with Crippen molar-refractivity contribution in [1.29, 1.82) is 0 Å². The summed E-state index contributed by atoms with van der Waals surface area (Å²) in [5.74, 6) is 1.52. The number of hydrogen-bond acceptors (Lipinski definition) is 3. The molecule has 1 unspecified atom stereocenters. The van der Waals surface area contributed by atoms with Crippen molar-refractivity contribution in [3.63, 3.8) is 0 Å². The van der Waals surface area contributed by atoms with Gasteiger partial charge >= 0.3 is 0 Å². The molecule has 0 bridgehead atoms. The molecule has 2 aromatic heterocycles. The van der Waals surface area contributed by atoms with Crippen molar-refractivity contribution in [3.8, 4) is 10.4 Å². The van der Waals surface area contributed by atoms with E-state index in [0.29, 0.717) is 5.92 Å². The van der Waals surface area contributed by atoms with E-state index in [9.17, 15) is 0 Å². The predicted molar refractivity (Wildman–Crippen MR) is 101 cm³/mol. The number of nitrogens with zero attached hydrogens (tertiary/aromatic N) is 2. The second-order valence-corrected chi connectivity index (χ2v) is 8.53. The Labute approximate surface area is 148 Å². The van der Waals surface area contributed by atoms with E-state index in [1.165, 1.54) is 33.2 Å². The lowest BCUT2D eigenvalue weighted by molar-refractivity contribution is 0.407. The molecule has 24 heavy (non-hydrogen) atoms. The zero-order valence-electron chi connectivity index (χ0n) is 14.8. The maximum Gasteiger partial charge on any atom is 0.106 e. The van der Waals surface area contributed by atoms with E-state index < -0.39 is 0 Å². The van der Waals surface area contributed by atoms with Crippen molar-refractivity contribution in [2.45, 2.75) is 46.5 Å². The van der Waals surface area contributed by atoms with Gasteiger partial charge in [0.1, 0.15) is 5.82 Å². The number of rotatable bonds is 5. The summed E-state index contributed by atoms with van der Waals surface area (Å²) in [6.45, 7) is 9.01. The van der Waals surface area contributed by atoms with Gasteiger partial charge in [0, 0.05) is 24.5 Å². The first-order valence-electron chi connectivity index (χ1n) is 8.44. The van der Waals surface area contributed by atoms with E-state index >= 15 is 0 Å². The second-order valence-electron chi connectivity index (χ2n) is 7.70. The molecule has 1 N–H and O–H groups in total. The Kier molecular flexibility index (Phi) is 4.86. The molecule has 1 atom stereocenters. The normalized spacial score (nSPS) is 13.2. The Morgan fingerprint density at radius 2 is 1.88 bits per heavy atom. The van der Waals surface area contributed by atoms with Crippen LogP contribution in [-0.4, -0.2) is 14.3 Å². The second kappa shape index (κ2) is 6.89. The largest absolute Gasteiger partial charge is 0.346 e. The molecule has 0 radical (unpaired) electrons. The minimum Gasteiger partial charge on any atom is -0.346 e. The van der Waals surface area contributed by atoms with Crippen LogP contribution in [0.25, 0.3) is 10.4 Å². The van der Waals surface area contributed by atoms with Crippen molar-refractivity contribution in [2.24, 2.45) is 5.41 Å². The predicted octanol–water partition coefficient (Wildman–Crippen LogP) is 5.47. The number of aromatic nitrogens is 3. The van der Waals surface area contributed by atoms with Crippen LogP contribution in [0.5, 0.6) is 0 Å². The van der Waals surface area contributed by atoms with E-state index in [2.05, 4.69) is 72.4 Å². The summed E-state index contributed by atoms with van der Waals surface area (Å²) in [6, 6.07) is 10.9. The SMILES string of the molecule is CC(Cc1ncc(CC(C)(C)C)[nH]1)c1ccc(-c2ccns2)cc1.